The Bertz CT molecular complexity index is 128. The number of rotatable bonds is 2. The molecular weight excluding hydrogens is 103 g/mol. The molecular formula is C5H6BO2. The minimum atomic E-state index is 0.682. The SMILES string of the molecule is O[B]OC1=CCC=C1. The summed E-state index contributed by atoms with van der Waals surface area (Å²) in [6, 6.07) is 0. The summed E-state index contributed by atoms with van der Waals surface area (Å²) in [5.74, 6) is 0.715. The van der Waals surface area contributed by atoms with Crippen molar-refractivity contribution < 1.29 is 9.68 Å². The normalized spacial score (nSPS) is 15.9. The first kappa shape index (κ1) is 5.44. The molecule has 41 valence electrons. The first-order chi connectivity index (χ1) is 3.93. The lowest BCUT2D eigenvalue weighted by atomic mass is 10.4. The molecule has 0 amide bonds. The molecule has 0 saturated heterocycles. The van der Waals surface area contributed by atoms with E-state index in [9.17, 15) is 0 Å². The number of hydrogen-bond donors (Lipinski definition) is 1. The minimum Gasteiger partial charge on any atom is -0.538 e. The average molecular weight is 109 g/mol. The summed E-state index contributed by atoms with van der Waals surface area (Å²) in [5, 5.41) is 8.10. The summed E-state index contributed by atoms with van der Waals surface area (Å²) >= 11 is 0. The van der Waals surface area contributed by atoms with Crippen LogP contribution in [0.15, 0.2) is 24.0 Å². The molecule has 0 aromatic heterocycles. The second-order valence-electron chi connectivity index (χ2n) is 1.47. The van der Waals surface area contributed by atoms with E-state index in [1.807, 2.05) is 18.2 Å². The smallest absolute Gasteiger partial charge is 0.538 e. The molecule has 0 bridgehead atoms. The van der Waals surface area contributed by atoms with Crippen LogP contribution >= 0.6 is 0 Å². The van der Waals surface area contributed by atoms with Crippen LogP contribution in [-0.4, -0.2) is 12.7 Å². The van der Waals surface area contributed by atoms with Crippen LogP contribution < -0.4 is 0 Å². The molecule has 0 aliphatic heterocycles. The topological polar surface area (TPSA) is 29.5 Å². The largest absolute Gasteiger partial charge is 0.569 e. The molecule has 0 aromatic rings. The van der Waals surface area contributed by atoms with Crippen molar-refractivity contribution in [2.45, 2.75) is 6.42 Å². The third-order valence-electron chi connectivity index (χ3n) is 0.926. The van der Waals surface area contributed by atoms with Gasteiger partial charge in [-0.2, -0.15) is 0 Å². The fourth-order valence-corrected chi connectivity index (χ4v) is 0.585. The van der Waals surface area contributed by atoms with Gasteiger partial charge in [0, 0.05) is 0 Å². The van der Waals surface area contributed by atoms with Crippen molar-refractivity contribution >= 4 is 7.69 Å². The van der Waals surface area contributed by atoms with Crippen molar-refractivity contribution in [1.29, 1.82) is 0 Å². The zero-order valence-corrected chi connectivity index (χ0v) is 4.37. The Kier molecular flexibility index (Phi) is 1.75. The van der Waals surface area contributed by atoms with Crippen molar-refractivity contribution in [3.8, 4) is 0 Å². The van der Waals surface area contributed by atoms with E-state index < -0.39 is 0 Å². The molecule has 0 spiro atoms. The molecule has 1 N–H and O–H groups in total. The van der Waals surface area contributed by atoms with Crippen LogP contribution in [0.1, 0.15) is 6.42 Å². The monoisotopic (exact) mass is 109 g/mol. The quantitative estimate of drug-likeness (QED) is 0.519. The molecule has 0 saturated carbocycles. The zero-order chi connectivity index (χ0) is 5.82. The standard InChI is InChI=1S/C5H6BO2/c7-6-8-5-3-1-2-4-5/h1,3-4,7H,2H2. The lowest BCUT2D eigenvalue weighted by molar-refractivity contribution is 0.383. The van der Waals surface area contributed by atoms with Crippen molar-refractivity contribution in [1.82, 2.24) is 0 Å². The van der Waals surface area contributed by atoms with Crippen LogP contribution in [-0.2, 0) is 4.65 Å². The zero-order valence-electron chi connectivity index (χ0n) is 4.37. The highest BCUT2D eigenvalue weighted by atomic mass is 16.5. The molecule has 8 heavy (non-hydrogen) atoms. The first-order valence-corrected chi connectivity index (χ1v) is 2.43. The molecule has 1 aliphatic carbocycles. The van der Waals surface area contributed by atoms with Crippen LogP contribution in [0.3, 0.4) is 0 Å². The molecule has 1 rings (SSSR count). The molecule has 0 aromatic carbocycles. The van der Waals surface area contributed by atoms with Crippen LogP contribution in [0.2, 0.25) is 0 Å². The van der Waals surface area contributed by atoms with E-state index in [4.69, 9.17) is 5.02 Å². The molecule has 1 aliphatic rings. The van der Waals surface area contributed by atoms with E-state index in [2.05, 4.69) is 4.65 Å². The summed E-state index contributed by atoms with van der Waals surface area (Å²) in [6.45, 7) is 0. The van der Waals surface area contributed by atoms with Gasteiger partial charge in [0.2, 0.25) is 0 Å². The van der Waals surface area contributed by atoms with Gasteiger partial charge < -0.3 is 9.68 Å². The van der Waals surface area contributed by atoms with Crippen molar-refractivity contribution in [2.75, 3.05) is 0 Å². The Morgan fingerprint density at radius 2 is 2.62 bits per heavy atom. The molecule has 0 fully saturated rings. The van der Waals surface area contributed by atoms with Gasteiger partial charge in [-0.25, -0.2) is 0 Å². The predicted molar refractivity (Wildman–Crippen MR) is 30.9 cm³/mol. The van der Waals surface area contributed by atoms with Crippen molar-refractivity contribution in [2.24, 2.45) is 0 Å². The van der Waals surface area contributed by atoms with Gasteiger partial charge in [0.25, 0.3) is 0 Å². The van der Waals surface area contributed by atoms with E-state index >= 15 is 0 Å². The highest BCUT2D eigenvalue weighted by Gasteiger charge is 1.96. The third kappa shape index (κ3) is 1.14. The van der Waals surface area contributed by atoms with Gasteiger partial charge in [0.1, 0.15) is 0 Å². The highest BCUT2D eigenvalue weighted by molar-refractivity contribution is 6.16. The van der Waals surface area contributed by atoms with Crippen molar-refractivity contribution in [3.05, 3.63) is 24.0 Å². The summed E-state index contributed by atoms with van der Waals surface area (Å²) in [7, 11) is 0.682. The maximum atomic E-state index is 8.10. The van der Waals surface area contributed by atoms with E-state index in [0.29, 0.717) is 13.4 Å². The van der Waals surface area contributed by atoms with Gasteiger partial charge in [0.05, 0.1) is 5.76 Å². The van der Waals surface area contributed by atoms with Gasteiger partial charge >= 0.3 is 7.69 Å². The molecule has 0 atom stereocenters. The third-order valence-corrected chi connectivity index (χ3v) is 0.926. The van der Waals surface area contributed by atoms with Crippen LogP contribution in [0, 0.1) is 0 Å². The van der Waals surface area contributed by atoms with Gasteiger partial charge in [0.15, 0.2) is 0 Å². The average Bonchev–Trinajstić information content (AvgIpc) is 2.19. The van der Waals surface area contributed by atoms with Crippen LogP contribution in [0.4, 0.5) is 0 Å². The summed E-state index contributed by atoms with van der Waals surface area (Å²) in [5.41, 5.74) is 0. The first-order valence-electron chi connectivity index (χ1n) is 2.43. The summed E-state index contributed by atoms with van der Waals surface area (Å²) < 4.78 is 4.61. The maximum absolute atomic E-state index is 8.10. The van der Waals surface area contributed by atoms with Gasteiger partial charge in [-0.15, -0.1) is 0 Å². The Morgan fingerprint density at radius 3 is 3.12 bits per heavy atom. The Hall–Kier alpha value is -0.695. The molecule has 2 nitrogen and oxygen atoms in total. The Morgan fingerprint density at radius 1 is 1.75 bits per heavy atom. The van der Waals surface area contributed by atoms with Gasteiger partial charge in [-0.3, -0.25) is 0 Å². The Balaban J connectivity index is 2.34. The van der Waals surface area contributed by atoms with E-state index in [0.717, 1.165) is 6.42 Å². The lowest BCUT2D eigenvalue weighted by Gasteiger charge is -1.94. The molecule has 3 heteroatoms. The fraction of sp³-hybridized carbons (Fsp3) is 0.200. The van der Waals surface area contributed by atoms with E-state index in [-0.39, 0.29) is 0 Å². The van der Waals surface area contributed by atoms with Crippen molar-refractivity contribution in [3.63, 3.8) is 0 Å². The van der Waals surface area contributed by atoms with Crippen LogP contribution in [0.25, 0.3) is 0 Å². The maximum Gasteiger partial charge on any atom is 0.569 e. The van der Waals surface area contributed by atoms with E-state index in [1.54, 1.807) is 0 Å². The molecule has 0 heterocycles. The minimum absolute atomic E-state index is 0.682. The highest BCUT2D eigenvalue weighted by Crippen LogP contribution is 2.07. The van der Waals surface area contributed by atoms with Crippen LogP contribution in [0.5, 0.6) is 0 Å². The number of allylic oxidation sites excluding steroid dienone is 3. The van der Waals surface area contributed by atoms with Gasteiger partial charge in [-0.05, 0) is 18.6 Å². The number of hydrogen-bond acceptors (Lipinski definition) is 2. The lowest BCUT2D eigenvalue weighted by Crippen LogP contribution is -1.92. The second-order valence-corrected chi connectivity index (χ2v) is 1.47. The second kappa shape index (κ2) is 2.57. The predicted octanol–water partition coefficient (Wildman–Crippen LogP) is 0.373. The fourth-order valence-electron chi connectivity index (χ4n) is 0.585. The summed E-state index contributed by atoms with van der Waals surface area (Å²) in [4.78, 5) is 0. The molecule has 1 radical (unpaired) electrons. The van der Waals surface area contributed by atoms with E-state index in [1.165, 1.54) is 0 Å². The molecule has 0 unspecified atom stereocenters. The Labute approximate surface area is 48.8 Å². The summed E-state index contributed by atoms with van der Waals surface area (Å²) in [6.07, 6.45) is 6.56. The van der Waals surface area contributed by atoms with Gasteiger partial charge in [-0.1, -0.05) is 6.08 Å².